The summed E-state index contributed by atoms with van der Waals surface area (Å²) in [6.07, 6.45) is 16.3. The Kier molecular flexibility index (Phi) is 5.64. The first-order valence-electron chi connectivity index (χ1n) is 12.6. The minimum absolute atomic E-state index is 0.0204. The number of allylic oxidation sites excluding steroid dienone is 3. The zero-order valence-electron chi connectivity index (χ0n) is 19.1. The molecule has 5 aliphatic carbocycles. The zero-order chi connectivity index (χ0) is 21.8. The van der Waals surface area contributed by atoms with Crippen molar-refractivity contribution in [1.29, 1.82) is 0 Å². The molecule has 0 bridgehead atoms. The second-order valence-electron chi connectivity index (χ2n) is 11.5. The van der Waals surface area contributed by atoms with Crippen LogP contribution in [-0.4, -0.2) is 18.4 Å². The highest BCUT2D eigenvalue weighted by Gasteiger charge is 2.58. The van der Waals surface area contributed by atoms with E-state index in [0.29, 0.717) is 17.8 Å². The van der Waals surface area contributed by atoms with Crippen LogP contribution >= 0.6 is 11.6 Å². The molecule has 0 spiro atoms. The number of carbonyl (C=O) groups excluding carboxylic acids is 2. The normalized spacial score (nSPS) is 42.9. The maximum Gasteiger partial charge on any atom is 0.309 e. The van der Waals surface area contributed by atoms with E-state index in [1.165, 1.54) is 31.3 Å². The van der Waals surface area contributed by atoms with E-state index < -0.39 is 0 Å². The van der Waals surface area contributed by atoms with Gasteiger partial charge in [-0.15, -0.1) is 0 Å². The van der Waals surface area contributed by atoms with Gasteiger partial charge in [0, 0.05) is 22.4 Å². The van der Waals surface area contributed by atoms with Crippen molar-refractivity contribution >= 4 is 23.9 Å². The molecule has 0 aromatic heterocycles. The Morgan fingerprint density at radius 2 is 1.77 bits per heavy atom. The third-order valence-corrected chi connectivity index (χ3v) is 10.7. The number of hydrogen-bond donors (Lipinski definition) is 0. The van der Waals surface area contributed by atoms with Crippen LogP contribution < -0.4 is 0 Å². The van der Waals surface area contributed by atoms with Gasteiger partial charge in [-0.25, -0.2) is 0 Å². The van der Waals surface area contributed by atoms with Crippen LogP contribution in [0.25, 0.3) is 0 Å². The zero-order valence-corrected chi connectivity index (χ0v) is 19.9. The molecule has 0 radical (unpaired) electrons. The summed E-state index contributed by atoms with van der Waals surface area (Å²) >= 11 is 6.71. The van der Waals surface area contributed by atoms with Gasteiger partial charge >= 0.3 is 5.97 Å². The lowest BCUT2D eigenvalue weighted by Gasteiger charge is -2.57. The summed E-state index contributed by atoms with van der Waals surface area (Å²) in [4.78, 5) is 24.3. The summed E-state index contributed by atoms with van der Waals surface area (Å²) in [5.74, 6) is 1.92. The van der Waals surface area contributed by atoms with Crippen molar-refractivity contribution < 1.29 is 14.3 Å². The molecule has 3 saturated carbocycles. The monoisotopic (exact) mass is 444 g/mol. The summed E-state index contributed by atoms with van der Waals surface area (Å²) < 4.78 is 6.05. The molecule has 3 nitrogen and oxygen atoms in total. The largest absolute Gasteiger partial charge is 0.462 e. The third kappa shape index (κ3) is 3.45. The molecule has 5 rings (SSSR count). The molecular weight excluding hydrogens is 408 g/mol. The van der Waals surface area contributed by atoms with E-state index in [4.69, 9.17) is 16.3 Å². The van der Waals surface area contributed by atoms with E-state index in [-0.39, 0.29) is 28.8 Å². The molecule has 6 atom stereocenters. The van der Waals surface area contributed by atoms with Gasteiger partial charge in [0.05, 0.1) is 5.92 Å². The van der Waals surface area contributed by atoms with Gasteiger partial charge in [0.1, 0.15) is 12.4 Å². The number of aldehydes is 1. The Morgan fingerprint density at radius 1 is 1.03 bits per heavy atom. The Morgan fingerprint density at radius 3 is 2.52 bits per heavy atom. The first-order chi connectivity index (χ1) is 14.9. The predicted octanol–water partition coefficient (Wildman–Crippen LogP) is 6.74. The Balaban J connectivity index is 1.30. The number of hydrogen-bond acceptors (Lipinski definition) is 3. The second-order valence-corrected chi connectivity index (χ2v) is 11.9. The van der Waals surface area contributed by atoms with Gasteiger partial charge in [0.2, 0.25) is 0 Å². The van der Waals surface area contributed by atoms with Gasteiger partial charge in [0.25, 0.3) is 0 Å². The summed E-state index contributed by atoms with van der Waals surface area (Å²) in [7, 11) is 0. The molecule has 0 aliphatic heterocycles. The van der Waals surface area contributed by atoms with E-state index in [1.807, 2.05) is 0 Å². The summed E-state index contributed by atoms with van der Waals surface area (Å²) in [6, 6.07) is 0. The highest BCUT2D eigenvalue weighted by atomic mass is 35.5. The smallest absolute Gasteiger partial charge is 0.309 e. The predicted molar refractivity (Wildman–Crippen MR) is 122 cm³/mol. The SMILES string of the molecule is C[C@]12CC[C@H](OC(=O)C3CCCCC3)CC1=CC[C@@H]1[C@@H]2CC[C@]2(C)C(Cl)=C(C=O)C[C@@H]12. The minimum atomic E-state index is -0.0204. The molecule has 0 unspecified atom stereocenters. The van der Waals surface area contributed by atoms with E-state index in [9.17, 15) is 9.59 Å². The summed E-state index contributed by atoms with van der Waals surface area (Å²) in [5.41, 5.74) is 2.55. The molecule has 0 saturated heterocycles. The number of fused-ring (bicyclic) bond motifs is 5. The quantitative estimate of drug-likeness (QED) is 0.275. The van der Waals surface area contributed by atoms with Crippen LogP contribution in [-0.2, 0) is 14.3 Å². The molecule has 0 N–H and O–H groups in total. The van der Waals surface area contributed by atoms with Gasteiger partial charge in [-0.3, -0.25) is 9.59 Å². The van der Waals surface area contributed by atoms with E-state index in [1.54, 1.807) is 0 Å². The third-order valence-electron chi connectivity index (χ3n) is 10.0. The van der Waals surface area contributed by atoms with Gasteiger partial charge in [-0.2, -0.15) is 0 Å². The van der Waals surface area contributed by atoms with Gasteiger partial charge < -0.3 is 4.74 Å². The molecule has 31 heavy (non-hydrogen) atoms. The van der Waals surface area contributed by atoms with Crippen LogP contribution in [0.4, 0.5) is 0 Å². The topological polar surface area (TPSA) is 43.4 Å². The average molecular weight is 445 g/mol. The van der Waals surface area contributed by atoms with E-state index >= 15 is 0 Å². The van der Waals surface area contributed by atoms with Gasteiger partial charge in [-0.1, -0.05) is 56.4 Å². The van der Waals surface area contributed by atoms with Crippen LogP contribution in [0, 0.1) is 34.5 Å². The lowest BCUT2D eigenvalue weighted by molar-refractivity contribution is -0.157. The molecule has 170 valence electrons. The first kappa shape index (κ1) is 21.7. The minimum Gasteiger partial charge on any atom is -0.462 e. The van der Waals surface area contributed by atoms with Crippen LogP contribution in [0.15, 0.2) is 22.3 Å². The molecule has 3 fully saturated rings. The van der Waals surface area contributed by atoms with E-state index in [2.05, 4.69) is 19.9 Å². The molecule has 0 aromatic rings. The number of esters is 1. The maximum atomic E-state index is 12.7. The van der Waals surface area contributed by atoms with Crippen molar-refractivity contribution in [3.63, 3.8) is 0 Å². The molecule has 0 heterocycles. The number of halogens is 1. The van der Waals surface area contributed by atoms with Crippen molar-refractivity contribution in [3.05, 3.63) is 22.3 Å². The van der Waals surface area contributed by atoms with Crippen molar-refractivity contribution in [2.24, 2.45) is 34.5 Å². The molecular formula is C27H37ClO3. The fraction of sp³-hybridized carbons (Fsp3) is 0.778. The highest BCUT2D eigenvalue weighted by molar-refractivity contribution is 6.32. The Bertz CT molecular complexity index is 822. The van der Waals surface area contributed by atoms with E-state index in [0.717, 1.165) is 68.3 Å². The molecule has 4 heteroatoms. The van der Waals surface area contributed by atoms with Crippen molar-refractivity contribution in [2.75, 3.05) is 0 Å². The second kappa shape index (κ2) is 8.04. The summed E-state index contributed by atoms with van der Waals surface area (Å²) in [5, 5.41) is 0.837. The lowest BCUT2D eigenvalue weighted by Crippen LogP contribution is -2.50. The standard InChI is InChI=1S/C27H37ClO3/c1-26-12-10-20(31-25(30)17-6-4-3-5-7-17)15-19(26)8-9-21-22(26)11-13-27(2)23(21)14-18(16-29)24(27)28/h8,16-17,20-23H,3-7,9-15H2,1-2H3/t20-,21+,22-,23-,26-,27-/m0/s1. The molecule has 0 aromatic carbocycles. The maximum absolute atomic E-state index is 12.7. The number of rotatable bonds is 3. The van der Waals surface area contributed by atoms with Crippen LogP contribution in [0.5, 0.6) is 0 Å². The number of carbonyl (C=O) groups is 2. The molecule has 0 amide bonds. The van der Waals surface area contributed by atoms with Crippen LogP contribution in [0.1, 0.15) is 90.9 Å². The highest BCUT2D eigenvalue weighted by Crippen LogP contribution is 2.66. The Hall–Kier alpha value is -1.09. The fourth-order valence-electron chi connectivity index (χ4n) is 8.09. The van der Waals surface area contributed by atoms with Gasteiger partial charge in [0.15, 0.2) is 0 Å². The fourth-order valence-corrected chi connectivity index (χ4v) is 8.45. The van der Waals surface area contributed by atoms with Crippen molar-refractivity contribution in [2.45, 2.75) is 97.0 Å². The van der Waals surface area contributed by atoms with Crippen LogP contribution in [0.2, 0.25) is 0 Å². The number of ether oxygens (including phenoxy) is 1. The molecule has 5 aliphatic rings. The van der Waals surface area contributed by atoms with Crippen molar-refractivity contribution in [1.82, 2.24) is 0 Å². The van der Waals surface area contributed by atoms with Crippen LogP contribution in [0.3, 0.4) is 0 Å². The van der Waals surface area contributed by atoms with Gasteiger partial charge in [-0.05, 0) is 74.5 Å². The Labute approximate surface area is 192 Å². The van der Waals surface area contributed by atoms with Crippen molar-refractivity contribution in [3.8, 4) is 0 Å². The average Bonchev–Trinajstić information content (AvgIpc) is 3.05. The first-order valence-corrected chi connectivity index (χ1v) is 13.0. The lowest BCUT2D eigenvalue weighted by atomic mass is 9.48. The summed E-state index contributed by atoms with van der Waals surface area (Å²) in [6.45, 7) is 4.75.